The summed E-state index contributed by atoms with van der Waals surface area (Å²) in [6, 6.07) is 5.79. The Morgan fingerprint density at radius 3 is 2.76 bits per heavy atom. The summed E-state index contributed by atoms with van der Waals surface area (Å²) in [5.74, 6) is 0.398. The van der Waals surface area contributed by atoms with Gasteiger partial charge in [0.1, 0.15) is 0 Å². The summed E-state index contributed by atoms with van der Waals surface area (Å²) in [7, 11) is 0. The third-order valence-electron chi connectivity index (χ3n) is 4.09. The summed E-state index contributed by atoms with van der Waals surface area (Å²) in [5, 5.41) is 5.22. The molecule has 0 aromatic carbocycles. The van der Waals surface area contributed by atoms with E-state index in [-0.39, 0.29) is 11.9 Å². The summed E-state index contributed by atoms with van der Waals surface area (Å²) >= 11 is 1.49. The third-order valence-corrected chi connectivity index (χ3v) is 5.00. The van der Waals surface area contributed by atoms with Crippen LogP contribution in [0.25, 0.3) is 10.2 Å². The molecule has 0 bridgehead atoms. The highest BCUT2D eigenvalue weighted by Gasteiger charge is 2.20. The Kier molecular flexibility index (Phi) is 5.23. The Balaban J connectivity index is 1.96. The fourth-order valence-electron chi connectivity index (χ4n) is 2.64. The van der Waals surface area contributed by atoms with Crippen LogP contribution in [-0.4, -0.2) is 38.8 Å². The van der Waals surface area contributed by atoms with E-state index in [2.05, 4.69) is 20.3 Å². The van der Waals surface area contributed by atoms with Crippen LogP contribution in [0.3, 0.4) is 0 Å². The van der Waals surface area contributed by atoms with Gasteiger partial charge in [-0.2, -0.15) is 0 Å². The third kappa shape index (κ3) is 3.61. The monoisotopic (exact) mass is 355 g/mol. The Morgan fingerprint density at radius 2 is 2.08 bits per heavy atom. The summed E-state index contributed by atoms with van der Waals surface area (Å²) < 4.78 is 0.830. The van der Waals surface area contributed by atoms with E-state index in [1.165, 1.54) is 11.3 Å². The maximum Gasteiger partial charge on any atom is 0.274 e. The second-order valence-corrected chi connectivity index (χ2v) is 6.58. The van der Waals surface area contributed by atoms with E-state index in [9.17, 15) is 4.79 Å². The smallest absolute Gasteiger partial charge is 0.274 e. The van der Waals surface area contributed by atoms with Gasteiger partial charge >= 0.3 is 0 Å². The average molecular weight is 355 g/mol. The first-order valence-electron chi connectivity index (χ1n) is 8.35. The molecule has 1 atom stereocenters. The number of rotatable bonds is 6. The van der Waals surface area contributed by atoms with Crippen molar-refractivity contribution >= 4 is 33.4 Å². The average Bonchev–Trinajstić information content (AvgIpc) is 3.11. The van der Waals surface area contributed by atoms with E-state index in [0.717, 1.165) is 15.8 Å². The molecular weight excluding hydrogens is 334 g/mol. The van der Waals surface area contributed by atoms with Crippen LogP contribution < -0.4 is 5.32 Å². The number of hydrogen-bond donors (Lipinski definition) is 1. The summed E-state index contributed by atoms with van der Waals surface area (Å²) in [6.07, 6.45) is 3.55. The second kappa shape index (κ2) is 7.57. The van der Waals surface area contributed by atoms with Gasteiger partial charge in [-0.1, -0.05) is 6.07 Å². The molecule has 0 aliphatic carbocycles. The van der Waals surface area contributed by atoms with Crippen LogP contribution in [0.15, 0.2) is 36.0 Å². The lowest BCUT2D eigenvalue weighted by atomic mass is 10.1. The zero-order valence-electron chi connectivity index (χ0n) is 14.6. The maximum absolute atomic E-state index is 12.8. The molecule has 3 heterocycles. The zero-order chi connectivity index (χ0) is 17.8. The SMILES string of the molecule is CCN(CC)C(=O)c1nc(N[C@@H](C)c2cccnc2)nc2ccsc12. The summed E-state index contributed by atoms with van der Waals surface area (Å²) in [5.41, 5.74) is 2.29. The molecule has 0 fully saturated rings. The van der Waals surface area contributed by atoms with Crippen LogP contribution in [0.5, 0.6) is 0 Å². The molecule has 0 aliphatic rings. The minimum atomic E-state index is -0.0584. The molecule has 0 aliphatic heterocycles. The fraction of sp³-hybridized carbons (Fsp3) is 0.333. The number of aromatic nitrogens is 3. The summed E-state index contributed by atoms with van der Waals surface area (Å²) in [4.78, 5) is 27.8. The molecule has 0 saturated heterocycles. The van der Waals surface area contributed by atoms with E-state index in [4.69, 9.17) is 0 Å². The van der Waals surface area contributed by atoms with Crippen LogP contribution in [0, 0.1) is 0 Å². The first-order chi connectivity index (χ1) is 12.1. The fourth-order valence-corrected chi connectivity index (χ4v) is 3.45. The van der Waals surface area contributed by atoms with Crippen LogP contribution >= 0.6 is 11.3 Å². The van der Waals surface area contributed by atoms with Gasteiger partial charge in [-0.3, -0.25) is 9.78 Å². The largest absolute Gasteiger partial charge is 0.348 e. The lowest BCUT2D eigenvalue weighted by Crippen LogP contribution is -2.31. The van der Waals surface area contributed by atoms with Crippen molar-refractivity contribution in [2.24, 2.45) is 0 Å². The van der Waals surface area contributed by atoms with Crippen molar-refractivity contribution in [1.29, 1.82) is 0 Å². The van der Waals surface area contributed by atoms with Crippen LogP contribution in [0.1, 0.15) is 42.9 Å². The van der Waals surface area contributed by atoms with Crippen LogP contribution in [-0.2, 0) is 0 Å². The van der Waals surface area contributed by atoms with Crippen molar-refractivity contribution in [3.8, 4) is 0 Å². The van der Waals surface area contributed by atoms with Crippen molar-refractivity contribution in [3.63, 3.8) is 0 Å². The van der Waals surface area contributed by atoms with Gasteiger partial charge in [-0.15, -0.1) is 11.3 Å². The van der Waals surface area contributed by atoms with Crippen LogP contribution in [0.4, 0.5) is 5.95 Å². The van der Waals surface area contributed by atoms with E-state index in [1.807, 2.05) is 50.5 Å². The number of carbonyl (C=O) groups is 1. The molecule has 1 N–H and O–H groups in total. The Morgan fingerprint density at radius 1 is 1.28 bits per heavy atom. The molecule has 130 valence electrons. The molecule has 6 nitrogen and oxygen atoms in total. The van der Waals surface area contributed by atoms with E-state index < -0.39 is 0 Å². The number of amides is 1. The van der Waals surface area contributed by atoms with Gasteiger partial charge in [0.05, 0.1) is 16.3 Å². The highest BCUT2D eigenvalue weighted by molar-refractivity contribution is 7.17. The highest BCUT2D eigenvalue weighted by Crippen LogP contribution is 2.26. The van der Waals surface area contributed by atoms with Crippen molar-refractivity contribution < 1.29 is 4.79 Å². The Bertz CT molecular complexity index is 860. The topological polar surface area (TPSA) is 71.0 Å². The molecule has 0 spiro atoms. The number of nitrogens with zero attached hydrogens (tertiary/aromatic N) is 4. The number of fused-ring (bicyclic) bond motifs is 1. The van der Waals surface area contributed by atoms with E-state index >= 15 is 0 Å². The van der Waals surface area contributed by atoms with Crippen molar-refractivity contribution in [1.82, 2.24) is 19.9 Å². The molecule has 7 heteroatoms. The number of thiophene rings is 1. The second-order valence-electron chi connectivity index (χ2n) is 5.66. The minimum absolute atomic E-state index is 0.0128. The first kappa shape index (κ1) is 17.3. The minimum Gasteiger partial charge on any atom is -0.348 e. The Hall–Kier alpha value is -2.54. The standard InChI is InChI=1S/C18H21N5OS/c1-4-23(5-2)17(24)15-16-14(8-10-25-16)21-18(22-15)20-12(3)13-7-6-9-19-11-13/h6-12H,4-5H2,1-3H3,(H,20,21,22)/t12-/m0/s1. The van der Waals surface area contributed by atoms with E-state index in [0.29, 0.717) is 24.7 Å². The summed E-state index contributed by atoms with van der Waals surface area (Å²) in [6.45, 7) is 7.27. The Labute approximate surface area is 150 Å². The van der Waals surface area contributed by atoms with Gasteiger partial charge in [0.15, 0.2) is 5.69 Å². The lowest BCUT2D eigenvalue weighted by molar-refractivity contribution is 0.0769. The number of pyridine rings is 1. The van der Waals surface area contributed by atoms with Gasteiger partial charge in [0.25, 0.3) is 5.91 Å². The van der Waals surface area contributed by atoms with Crippen molar-refractivity contribution in [2.45, 2.75) is 26.8 Å². The molecule has 0 radical (unpaired) electrons. The molecule has 3 aromatic rings. The normalized spacial score (nSPS) is 12.1. The molecule has 3 aromatic heterocycles. The first-order valence-corrected chi connectivity index (χ1v) is 9.23. The van der Waals surface area contributed by atoms with Gasteiger partial charge in [0.2, 0.25) is 5.95 Å². The van der Waals surface area contributed by atoms with Gasteiger partial charge in [-0.05, 0) is 43.8 Å². The van der Waals surface area contributed by atoms with Crippen molar-refractivity contribution in [2.75, 3.05) is 18.4 Å². The molecular formula is C18H21N5OS. The number of anilines is 1. The quantitative estimate of drug-likeness (QED) is 0.729. The number of carbonyl (C=O) groups excluding carboxylic acids is 1. The highest BCUT2D eigenvalue weighted by atomic mass is 32.1. The van der Waals surface area contributed by atoms with Gasteiger partial charge in [0, 0.05) is 25.5 Å². The lowest BCUT2D eigenvalue weighted by Gasteiger charge is -2.19. The molecule has 25 heavy (non-hydrogen) atoms. The maximum atomic E-state index is 12.8. The number of nitrogens with one attached hydrogen (secondary N) is 1. The molecule has 0 unspecified atom stereocenters. The predicted molar refractivity (Wildman–Crippen MR) is 101 cm³/mol. The van der Waals surface area contributed by atoms with Gasteiger partial charge in [-0.25, -0.2) is 9.97 Å². The van der Waals surface area contributed by atoms with E-state index in [1.54, 1.807) is 11.1 Å². The van der Waals surface area contributed by atoms with Gasteiger partial charge < -0.3 is 10.2 Å². The van der Waals surface area contributed by atoms with Crippen molar-refractivity contribution in [3.05, 3.63) is 47.2 Å². The van der Waals surface area contributed by atoms with Crippen LogP contribution in [0.2, 0.25) is 0 Å². The molecule has 1 amide bonds. The number of hydrogen-bond acceptors (Lipinski definition) is 6. The molecule has 3 rings (SSSR count). The zero-order valence-corrected chi connectivity index (χ0v) is 15.4. The molecule has 0 saturated carbocycles. The predicted octanol–water partition coefficient (Wildman–Crippen LogP) is 3.74.